The van der Waals surface area contributed by atoms with Crippen LogP contribution in [0.15, 0.2) is 17.3 Å². The second-order valence-electron chi connectivity index (χ2n) is 2.90. The highest BCUT2D eigenvalue weighted by molar-refractivity contribution is 6.28. The number of nitrogens with zero attached hydrogens (tertiary/aromatic N) is 1. The second-order valence-corrected chi connectivity index (χ2v) is 2.90. The van der Waals surface area contributed by atoms with Crippen molar-refractivity contribution in [3.8, 4) is 0 Å². The maximum Gasteiger partial charge on any atom is 0.167 e. The third-order valence-electron chi connectivity index (χ3n) is 2.13. The van der Waals surface area contributed by atoms with E-state index in [1.165, 1.54) is 0 Å². The van der Waals surface area contributed by atoms with Gasteiger partial charge in [-0.25, -0.2) is 0 Å². The third kappa shape index (κ3) is 1.06. The topological polar surface area (TPSA) is 38.7 Å². The van der Waals surface area contributed by atoms with E-state index in [9.17, 15) is 4.79 Å². The van der Waals surface area contributed by atoms with E-state index in [1.54, 1.807) is 0 Å². The number of aldehydes is 1. The fourth-order valence-corrected chi connectivity index (χ4v) is 1.50. The van der Waals surface area contributed by atoms with Crippen LogP contribution in [0.2, 0.25) is 0 Å². The van der Waals surface area contributed by atoms with Gasteiger partial charge in [0.15, 0.2) is 6.29 Å². The van der Waals surface area contributed by atoms with Crippen LogP contribution in [0.1, 0.15) is 12.8 Å². The molecule has 0 aromatic carbocycles. The smallest absolute Gasteiger partial charge is 0.167 e. The highest BCUT2D eigenvalue weighted by Crippen LogP contribution is 2.28. The molecule has 0 amide bonds. The molecule has 1 heterocycles. The molecule has 0 saturated carbocycles. The van der Waals surface area contributed by atoms with E-state index in [-0.39, 0.29) is 6.10 Å². The number of hydrogen-bond acceptors (Lipinski definition) is 3. The van der Waals surface area contributed by atoms with Crippen LogP contribution in [0.5, 0.6) is 0 Å². The van der Waals surface area contributed by atoms with Crippen molar-refractivity contribution in [2.24, 2.45) is 11.1 Å². The Labute approximate surface area is 64.7 Å². The average Bonchev–Trinajstić information content (AvgIpc) is 2.50. The molecule has 0 saturated heterocycles. The molecule has 0 fully saturated rings. The standard InChI is InChI=1S/C8H9NO2/c10-5-7-4-6-2-1-3-8(6)11-9-7/h1,3,5-6,8H,2,4H2/t6-,8-/m0/s1. The Morgan fingerprint density at radius 2 is 2.64 bits per heavy atom. The quantitative estimate of drug-likeness (QED) is 0.412. The zero-order chi connectivity index (χ0) is 7.68. The highest BCUT2D eigenvalue weighted by atomic mass is 16.6. The Kier molecular flexibility index (Phi) is 1.49. The Morgan fingerprint density at radius 1 is 1.73 bits per heavy atom. The van der Waals surface area contributed by atoms with Gasteiger partial charge < -0.3 is 4.84 Å². The van der Waals surface area contributed by atoms with Gasteiger partial charge in [-0.15, -0.1) is 0 Å². The van der Waals surface area contributed by atoms with E-state index >= 15 is 0 Å². The molecule has 0 aromatic rings. The van der Waals surface area contributed by atoms with Gasteiger partial charge in [-0.05, 0) is 12.5 Å². The molecule has 3 heteroatoms. The van der Waals surface area contributed by atoms with Crippen molar-refractivity contribution in [2.45, 2.75) is 18.9 Å². The van der Waals surface area contributed by atoms with Gasteiger partial charge in [-0.1, -0.05) is 11.2 Å². The van der Waals surface area contributed by atoms with Crippen molar-refractivity contribution >= 4 is 12.0 Å². The first-order valence-electron chi connectivity index (χ1n) is 3.74. The Balaban J connectivity index is 2.12. The molecule has 1 aliphatic heterocycles. The first-order chi connectivity index (χ1) is 5.40. The van der Waals surface area contributed by atoms with Crippen molar-refractivity contribution in [2.75, 3.05) is 0 Å². The van der Waals surface area contributed by atoms with Crippen LogP contribution >= 0.6 is 0 Å². The lowest BCUT2D eigenvalue weighted by Crippen LogP contribution is -2.25. The van der Waals surface area contributed by atoms with Gasteiger partial charge >= 0.3 is 0 Å². The SMILES string of the molecule is O=CC1=NO[C@H]2C=CC[C@H]2C1. The summed E-state index contributed by atoms with van der Waals surface area (Å²) in [6.07, 6.45) is 6.76. The van der Waals surface area contributed by atoms with Gasteiger partial charge in [0.25, 0.3) is 0 Å². The van der Waals surface area contributed by atoms with Crippen molar-refractivity contribution in [1.82, 2.24) is 0 Å². The van der Waals surface area contributed by atoms with Crippen molar-refractivity contribution in [1.29, 1.82) is 0 Å². The molecule has 58 valence electrons. The van der Waals surface area contributed by atoms with Crippen molar-refractivity contribution < 1.29 is 9.63 Å². The van der Waals surface area contributed by atoms with E-state index in [0.717, 1.165) is 19.1 Å². The largest absolute Gasteiger partial charge is 0.388 e. The number of hydrogen-bond donors (Lipinski definition) is 0. The molecule has 1 aliphatic carbocycles. The van der Waals surface area contributed by atoms with Gasteiger partial charge in [-0.2, -0.15) is 0 Å². The molecule has 0 N–H and O–H groups in total. The first-order valence-corrected chi connectivity index (χ1v) is 3.74. The van der Waals surface area contributed by atoms with Crippen LogP contribution < -0.4 is 0 Å². The number of carbonyl (C=O) groups excluding carboxylic acids is 1. The number of rotatable bonds is 1. The maximum absolute atomic E-state index is 10.3. The second kappa shape index (κ2) is 2.49. The van der Waals surface area contributed by atoms with E-state index in [1.807, 2.05) is 6.08 Å². The predicted octanol–water partition coefficient (Wildman–Crippen LogP) is 0.906. The number of carbonyl (C=O) groups is 1. The van der Waals surface area contributed by atoms with E-state index < -0.39 is 0 Å². The number of fused-ring (bicyclic) bond motifs is 1. The molecule has 0 unspecified atom stereocenters. The predicted molar refractivity (Wildman–Crippen MR) is 40.2 cm³/mol. The zero-order valence-corrected chi connectivity index (χ0v) is 6.06. The Hall–Kier alpha value is -1.12. The summed E-state index contributed by atoms with van der Waals surface area (Å²) in [5.41, 5.74) is 0.537. The summed E-state index contributed by atoms with van der Waals surface area (Å²) in [7, 11) is 0. The molecule has 11 heavy (non-hydrogen) atoms. The van der Waals surface area contributed by atoms with Gasteiger partial charge in [-0.3, -0.25) is 4.79 Å². The monoisotopic (exact) mass is 151 g/mol. The van der Waals surface area contributed by atoms with Crippen molar-refractivity contribution in [3.05, 3.63) is 12.2 Å². The van der Waals surface area contributed by atoms with E-state index in [2.05, 4.69) is 11.2 Å². The fraction of sp³-hybridized carbons (Fsp3) is 0.500. The van der Waals surface area contributed by atoms with Crippen LogP contribution in [0, 0.1) is 5.92 Å². The van der Waals surface area contributed by atoms with Crippen LogP contribution in [0.25, 0.3) is 0 Å². The van der Waals surface area contributed by atoms with E-state index in [4.69, 9.17) is 4.84 Å². The minimum atomic E-state index is 0.124. The summed E-state index contributed by atoms with van der Waals surface area (Å²) in [6, 6.07) is 0. The average molecular weight is 151 g/mol. The first kappa shape index (κ1) is 6.58. The third-order valence-corrected chi connectivity index (χ3v) is 2.13. The Bertz CT molecular complexity index is 232. The molecule has 0 radical (unpaired) electrons. The maximum atomic E-state index is 10.3. The minimum absolute atomic E-state index is 0.124. The van der Waals surface area contributed by atoms with Gasteiger partial charge in [0.1, 0.15) is 11.8 Å². The fourth-order valence-electron chi connectivity index (χ4n) is 1.50. The summed E-state index contributed by atoms with van der Waals surface area (Å²) in [6.45, 7) is 0. The van der Waals surface area contributed by atoms with Crippen LogP contribution in [-0.4, -0.2) is 18.1 Å². The molecule has 2 atom stereocenters. The summed E-state index contributed by atoms with van der Waals surface area (Å²) < 4.78 is 0. The van der Waals surface area contributed by atoms with Gasteiger partial charge in [0.2, 0.25) is 0 Å². The van der Waals surface area contributed by atoms with Gasteiger partial charge in [0.05, 0.1) is 0 Å². The van der Waals surface area contributed by atoms with Crippen LogP contribution in [-0.2, 0) is 9.63 Å². The summed E-state index contributed by atoms with van der Waals surface area (Å²) in [5, 5.41) is 3.69. The molecule has 0 spiro atoms. The lowest BCUT2D eigenvalue weighted by Gasteiger charge is -2.21. The molecular weight excluding hydrogens is 142 g/mol. The minimum Gasteiger partial charge on any atom is -0.388 e. The summed E-state index contributed by atoms with van der Waals surface area (Å²) >= 11 is 0. The van der Waals surface area contributed by atoms with Crippen molar-refractivity contribution in [3.63, 3.8) is 0 Å². The summed E-state index contributed by atoms with van der Waals surface area (Å²) in [4.78, 5) is 15.4. The summed E-state index contributed by atoms with van der Waals surface area (Å²) in [5.74, 6) is 0.452. The number of oxime groups is 1. The molecule has 2 aliphatic rings. The molecule has 0 bridgehead atoms. The number of allylic oxidation sites excluding steroid dienone is 1. The Morgan fingerprint density at radius 3 is 3.45 bits per heavy atom. The normalized spacial score (nSPS) is 34.0. The van der Waals surface area contributed by atoms with Crippen LogP contribution in [0.4, 0.5) is 0 Å². The molecule has 3 nitrogen and oxygen atoms in total. The molecular formula is C8H9NO2. The highest BCUT2D eigenvalue weighted by Gasteiger charge is 2.29. The molecule has 2 rings (SSSR count). The molecule has 0 aromatic heterocycles. The lowest BCUT2D eigenvalue weighted by atomic mass is 9.97. The lowest BCUT2D eigenvalue weighted by molar-refractivity contribution is -0.103. The van der Waals surface area contributed by atoms with Crippen LogP contribution in [0.3, 0.4) is 0 Å². The van der Waals surface area contributed by atoms with Gasteiger partial charge in [0, 0.05) is 12.3 Å². The van der Waals surface area contributed by atoms with E-state index in [0.29, 0.717) is 11.6 Å². The zero-order valence-electron chi connectivity index (χ0n) is 6.06.